The van der Waals surface area contributed by atoms with E-state index in [-0.39, 0.29) is 13.2 Å². The highest BCUT2D eigenvalue weighted by Gasteiger charge is 2.49. The van der Waals surface area contributed by atoms with E-state index in [1.54, 1.807) is 6.92 Å². The van der Waals surface area contributed by atoms with E-state index >= 15 is 0 Å². The number of amides is 3. The standard InChI is InChI=1S/C15H25N3O8S/c1-5-24-13(20)15(3,4)9(2)25-27(22,23)26-18-10-6-7-11(12(16)19)17(8-10)14(18)21/h9-11H,5-8H2,1-4H3,(H2,16,19). The molecule has 3 amide bonds. The lowest BCUT2D eigenvalue weighted by atomic mass is 9.88. The molecule has 2 N–H and O–H groups in total. The molecule has 0 aliphatic carbocycles. The number of fused-ring (bicyclic) bond motifs is 2. The predicted molar refractivity (Wildman–Crippen MR) is 90.9 cm³/mol. The first kappa shape index (κ1) is 21.4. The smallest absolute Gasteiger partial charge is 0.421 e. The fourth-order valence-corrected chi connectivity index (χ4v) is 3.93. The Hall–Kier alpha value is -1.92. The third-order valence-electron chi connectivity index (χ3n) is 4.90. The highest BCUT2D eigenvalue weighted by atomic mass is 32.3. The Labute approximate surface area is 158 Å². The maximum absolute atomic E-state index is 12.4. The molecule has 2 heterocycles. The minimum absolute atomic E-state index is 0.131. The van der Waals surface area contributed by atoms with Crippen molar-refractivity contribution in [3.8, 4) is 0 Å². The fraction of sp³-hybridized carbons (Fsp3) is 0.800. The van der Waals surface area contributed by atoms with Gasteiger partial charge in [0, 0.05) is 6.54 Å². The molecular weight excluding hydrogens is 382 g/mol. The lowest BCUT2D eigenvalue weighted by Crippen LogP contribution is -2.47. The van der Waals surface area contributed by atoms with Crippen LogP contribution in [0.15, 0.2) is 0 Å². The van der Waals surface area contributed by atoms with E-state index in [0.717, 1.165) is 0 Å². The van der Waals surface area contributed by atoms with E-state index in [9.17, 15) is 22.8 Å². The van der Waals surface area contributed by atoms with Crippen molar-refractivity contribution in [2.75, 3.05) is 13.2 Å². The highest BCUT2D eigenvalue weighted by Crippen LogP contribution is 2.32. The lowest BCUT2D eigenvalue weighted by molar-refractivity contribution is -0.158. The molecule has 3 atom stereocenters. The first-order valence-electron chi connectivity index (χ1n) is 8.60. The molecule has 3 unspecified atom stereocenters. The number of ether oxygens (including phenoxy) is 1. The number of urea groups is 1. The number of hydroxylamine groups is 2. The summed E-state index contributed by atoms with van der Waals surface area (Å²) in [4.78, 5) is 37.0. The second kappa shape index (κ2) is 7.60. The Bertz CT molecular complexity index is 723. The zero-order valence-electron chi connectivity index (χ0n) is 15.7. The normalized spacial score (nSPS) is 24.1. The Kier molecular flexibility index (Phi) is 6.02. The second-order valence-electron chi connectivity index (χ2n) is 7.07. The van der Waals surface area contributed by atoms with Gasteiger partial charge in [0.25, 0.3) is 0 Å². The van der Waals surface area contributed by atoms with Crippen molar-refractivity contribution in [1.82, 2.24) is 9.96 Å². The van der Waals surface area contributed by atoms with Gasteiger partial charge in [0.2, 0.25) is 5.91 Å². The van der Waals surface area contributed by atoms with Crippen molar-refractivity contribution >= 4 is 28.3 Å². The summed E-state index contributed by atoms with van der Waals surface area (Å²) in [5.74, 6) is -1.29. The Balaban J connectivity index is 2.07. The van der Waals surface area contributed by atoms with Gasteiger partial charge in [-0.05, 0) is 40.5 Å². The van der Waals surface area contributed by atoms with Gasteiger partial charge in [-0.3, -0.25) is 9.59 Å². The molecule has 2 saturated heterocycles. The monoisotopic (exact) mass is 407 g/mol. The van der Waals surface area contributed by atoms with E-state index in [0.29, 0.717) is 17.9 Å². The maximum Gasteiger partial charge on any atom is 0.421 e. The van der Waals surface area contributed by atoms with Gasteiger partial charge in [-0.25, -0.2) is 8.98 Å². The molecule has 2 rings (SSSR count). The molecule has 2 bridgehead atoms. The molecule has 0 saturated carbocycles. The number of carbonyl (C=O) groups excluding carboxylic acids is 3. The largest absolute Gasteiger partial charge is 0.466 e. The van der Waals surface area contributed by atoms with Crippen LogP contribution in [0.3, 0.4) is 0 Å². The maximum atomic E-state index is 12.4. The van der Waals surface area contributed by atoms with Gasteiger partial charge in [-0.15, -0.1) is 4.28 Å². The molecule has 2 aliphatic heterocycles. The average Bonchev–Trinajstić information content (AvgIpc) is 2.78. The number of hydrogen-bond acceptors (Lipinski definition) is 8. The molecule has 0 aromatic carbocycles. The van der Waals surface area contributed by atoms with Gasteiger partial charge >= 0.3 is 22.4 Å². The topological polar surface area (TPSA) is 146 Å². The quantitative estimate of drug-likeness (QED) is 0.549. The number of carbonyl (C=O) groups is 3. The van der Waals surface area contributed by atoms with Gasteiger partial charge in [-0.1, -0.05) is 0 Å². The summed E-state index contributed by atoms with van der Waals surface area (Å²) in [5.41, 5.74) is 4.01. The third-order valence-corrected chi connectivity index (χ3v) is 5.77. The van der Waals surface area contributed by atoms with Crippen LogP contribution in [-0.4, -0.2) is 67.6 Å². The lowest BCUT2D eigenvalue weighted by Gasteiger charge is -2.29. The Morgan fingerprint density at radius 3 is 2.52 bits per heavy atom. The van der Waals surface area contributed by atoms with Crippen LogP contribution >= 0.6 is 0 Å². The number of rotatable bonds is 8. The average molecular weight is 407 g/mol. The summed E-state index contributed by atoms with van der Waals surface area (Å²) >= 11 is 0. The Morgan fingerprint density at radius 2 is 1.96 bits per heavy atom. The van der Waals surface area contributed by atoms with Crippen LogP contribution in [0.5, 0.6) is 0 Å². The van der Waals surface area contributed by atoms with E-state index < -0.39 is 51.9 Å². The molecule has 0 radical (unpaired) electrons. The minimum Gasteiger partial charge on any atom is -0.466 e. The zero-order chi connectivity index (χ0) is 20.6. The van der Waals surface area contributed by atoms with Crippen molar-refractivity contribution in [3.05, 3.63) is 0 Å². The summed E-state index contributed by atoms with van der Waals surface area (Å²) in [6.07, 6.45) is -0.439. The van der Waals surface area contributed by atoms with Crippen LogP contribution in [0.25, 0.3) is 0 Å². The predicted octanol–water partition coefficient (Wildman–Crippen LogP) is -0.0889. The fourth-order valence-electron chi connectivity index (χ4n) is 2.92. The van der Waals surface area contributed by atoms with Crippen molar-refractivity contribution in [3.63, 3.8) is 0 Å². The SMILES string of the molecule is CCOC(=O)C(C)(C)C(C)OS(=O)(=O)ON1C(=O)N2CC1CCC2C(N)=O. The van der Waals surface area contributed by atoms with Gasteiger partial charge in [0.1, 0.15) is 6.04 Å². The van der Waals surface area contributed by atoms with E-state index in [2.05, 4.69) is 0 Å². The van der Waals surface area contributed by atoms with Crippen LogP contribution in [0.1, 0.15) is 40.5 Å². The van der Waals surface area contributed by atoms with E-state index in [1.165, 1.54) is 25.7 Å². The molecule has 12 heteroatoms. The van der Waals surface area contributed by atoms with E-state index in [1.807, 2.05) is 0 Å². The molecule has 2 aliphatic rings. The highest BCUT2D eigenvalue weighted by molar-refractivity contribution is 7.81. The second-order valence-corrected chi connectivity index (χ2v) is 8.23. The van der Waals surface area contributed by atoms with Gasteiger partial charge in [0.05, 0.1) is 24.2 Å². The van der Waals surface area contributed by atoms with Crippen LogP contribution in [0.2, 0.25) is 0 Å². The van der Waals surface area contributed by atoms with E-state index in [4.69, 9.17) is 18.9 Å². The number of esters is 1. The molecule has 27 heavy (non-hydrogen) atoms. The van der Waals surface area contributed by atoms with Crippen LogP contribution in [-0.2, 0) is 33.2 Å². The van der Waals surface area contributed by atoms with Crippen molar-refractivity contribution in [2.24, 2.45) is 11.1 Å². The van der Waals surface area contributed by atoms with Crippen molar-refractivity contribution < 1.29 is 36.0 Å². The summed E-state index contributed by atoms with van der Waals surface area (Å²) in [6, 6.07) is -2.11. The van der Waals surface area contributed by atoms with Gasteiger partial charge in [-0.2, -0.15) is 13.5 Å². The molecule has 0 spiro atoms. The molecule has 0 aromatic heterocycles. The van der Waals surface area contributed by atoms with Crippen LogP contribution in [0, 0.1) is 5.41 Å². The van der Waals surface area contributed by atoms with Gasteiger partial charge in [0.15, 0.2) is 0 Å². The summed E-state index contributed by atoms with van der Waals surface area (Å²) in [6.45, 7) is 6.23. The summed E-state index contributed by atoms with van der Waals surface area (Å²) in [5, 5.41) is 0.683. The molecule has 0 aromatic rings. The van der Waals surface area contributed by atoms with Crippen molar-refractivity contribution in [1.29, 1.82) is 0 Å². The summed E-state index contributed by atoms with van der Waals surface area (Å²) in [7, 11) is -4.65. The van der Waals surface area contributed by atoms with Gasteiger partial charge < -0.3 is 15.4 Å². The van der Waals surface area contributed by atoms with Crippen LogP contribution in [0.4, 0.5) is 4.79 Å². The molecule has 2 fully saturated rings. The van der Waals surface area contributed by atoms with Crippen molar-refractivity contribution in [2.45, 2.75) is 58.7 Å². The number of nitrogens with two attached hydrogens (primary N) is 1. The molecular formula is C15H25N3O8S. The molecule has 154 valence electrons. The minimum atomic E-state index is -4.65. The zero-order valence-corrected chi connectivity index (χ0v) is 16.5. The first-order valence-corrected chi connectivity index (χ1v) is 9.93. The summed E-state index contributed by atoms with van der Waals surface area (Å²) < 4.78 is 39.3. The number of piperidine rings is 1. The Morgan fingerprint density at radius 1 is 1.33 bits per heavy atom. The number of primary amides is 1. The first-order chi connectivity index (χ1) is 12.4. The third kappa shape index (κ3) is 4.33. The van der Waals surface area contributed by atoms with Crippen LogP contribution < -0.4 is 5.73 Å². The number of hydrogen-bond donors (Lipinski definition) is 1. The molecule has 11 nitrogen and oxygen atoms in total. The number of nitrogens with zero attached hydrogens (tertiary/aromatic N) is 2.